The maximum Gasteiger partial charge on any atom is 0.362 e. The highest BCUT2D eigenvalue weighted by Crippen LogP contribution is 2.34. The van der Waals surface area contributed by atoms with E-state index in [1.807, 2.05) is 0 Å². The van der Waals surface area contributed by atoms with Crippen molar-refractivity contribution in [3.05, 3.63) is 11.1 Å². The number of anilines is 1. The highest BCUT2D eigenvalue weighted by molar-refractivity contribution is 7.84. The minimum Gasteiger partial charge on any atom is -0.478 e. The molecule has 0 saturated carbocycles. The van der Waals surface area contributed by atoms with Gasteiger partial charge in [0.05, 0.1) is 12.0 Å². The Hall–Kier alpha value is -3.35. The Bertz CT molecular complexity index is 1230. The lowest BCUT2D eigenvalue weighted by Crippen LogP contribution is -2.66. The summed E-state index contributed by atoms with van der Waals surface area (Å²) in [5.41, 5.74) is 8.86. The first-order chi connectivity index (χ1) is 17.2. The van der Waals surface area contributed by atoms with E-state index in [0.717, 1.165) is 11.3 Å². The smallest absolute Gasteiger partial charge is 0.362 e. The van der Waals surface area contributed by atoms with Crippen molar-refractivity contribution < 1.29 is 42.1 Å². The molecule has 0 unspecified atom stereocenters. The number of nitrogens with two attached hydrogens (primary N) is 2. The van der Waals surface area contributed by atoms with Crippen LogP contribution in [0.2, 0.25) is 0 Å². The molecule has 3 amide bonds. The molecule has 0 spiro atoms. The first kappa shape index (κ1) is 28.2. The van der Waals surface area contributed by atoms with Crippen molar-refractivity contribution in [2.45, 2.75) is 31.9 Å². The van der Waals surface area contributed by atoms with Gasteiger partial charge in [0.2, 0.25) is 11.5 Å². The molecule has 16 nitrogen and oxygen atoms in total. The third kappa shape index (κ3) is 5.97. The number of carbonyl (C=O) groups is 4. The normalized spacial score (nSPS) is 20.9. The van der Waals surface area contributed by atoms with Crippen LogP contribution in [0.25, 0.3) is 0 Å². The number of hydrogen-bond donors (Lipinski definition) is 4. The molecule has 2 saturated heterocycles. The van der Waals surface area contributed by atoms with E-state index in [4.69, 9.17) is 16.3 Å². The number of amides is 3. The van der Waals surface area contributed by atoms with Crippen LogP contribution in [0.1, 0.15) is 26.0 Å². The number of oxime groups is 1. The molecular formula is C19H27N7O9S2. The van der Waals surface area contributed by atoms with Crippen LogP contribution < -0.4 is 11.5 Å². The maximum atomic E-state index is 13.2. The van der Waals surface area contributed by atoms with Gasteiger partial charge >= 0.3 is 22.3 Å². The van der Waals surface area contributed by atoms with Gasteiger partial charge in [-0.25, -0.2) is 18.9 Å². The second-order valence-electron chi connectivity index (χ2n) is 8.83. The number of carbonyl (C=O) groups excluding carboxylic acids is 3. The molecule has 204 valence electrons. The molecule has 1 aromatic heterocycles. The van der Waals surface area contributed by atoms with Gasteiger partial charge in [-0.1, -0.05) is 5.16 Å². The van der Waals surface area contributed by atoms with Crippen LogP contribution in [0.4, 0.5) is 9.93 Å². The highest BCUT2D eigenvalue weighted by atomic mass is 32.2. The average molecular weight is 562 g/mol. The van der Waals surface area contributed by atoms with Crippen molar-refractivity contribution in [1.29, 1.82) is 0 Å². The molecule has 37 heavy (non-hydrogen) atoms. The highest BCUT2D eigenvalue weighted by Gasteiger charge is 2.55. The van der Waals surface area contributed by atoms with Crippen LogP contribution in [0.3, 0.4) is 0 Å². The predicted molar refractivity (Wildman–Crippen MR) is 129 cm³/mol. The molecule has 0 radical (unpaired) electrons. The molecule has 2 aliphatic rings. The van der Waals surface area contributed by atoms with Crippen molar-refractivity contribution in [2.75, 3.05) is 38.5 Å². The van der Waals surface area contributed by atoms with Crippen LogP contribution in [0.15, 0.2) is 10.5 Å². The minimum atomic E-state index is -4.97. The zero-order valence-corrected chi connectivity index (χ0v) is 21.6. The predicted octanol–water partition coefficient (Wildman–Crippen LogP) is -1.41. The summed E-state index contributed by atoms with van der Waals surface area (Å²) in [7, 11) is -4.97. The number of aromatic nitrogens is 1. The second-order valence-corrected chi connectivity index (χ2v) is 11.0. The fourth-order valence-electron chi connectivity index (χ4n) is 3.81. The maximum absolute atomic E-state index is 13.2. The Morgan fingerprint density at radius 3 is 2.49 bits per heavy atom. The number of β-lactam (4-membered cyclic amide) rings is 1. The Morgan fingerprint density at radius 1 is 1.30 bits per heavy atom. The largest absolute Gasteiger partial charge is 0.478 e. The summed E-state index contributed by atoms with van der Waals surface area (Å²) in [6.07, 6.45) is -0.586. The number of urea groups is 1. The lowest BCUT2D eigenvalue weighted by molar-refractivity contribution is -0.161. The van der Waals surface area contributed by atoms with Crippen molar-refractivity contribution in [1.82, 2.24) is 19.1 Å². The van der Waals surface area contributed by atoms with Crippen molar-refractivity contribution in [3.63, 3.8) is 0 Å². The van der Waals surface area contributed by atoms with Gasteiger partial charge in [-0.15, -0.1) is 11.3 Å². The molecule has 6 N–H and O–H groups in total. The average Bonchev–Trinajstić information content (AvgIpc) is 3.37. The summed E-state index contributed by atoms with van der Waals surface area (Å²) in [4.78, 5) is 61.6. The fraction of sp³-hybridized carbons (Fsp3) is 0.579. The lowest BCUT2D eigenvalue weighted by Gasteiger charge is -2.45. The van der Waals surface area contributed by atoms with E-state index in [9.17, 15) is 37.3 Å². The number of nitrogen functional groups attached to an aromatic ring is 1. The summed E-state index contributed by atoms with van der Waals surface area (Å²) < 4.78 is 33.5. The number of rotatable bonds is 12. The van der Waals surface area contributed by atoms with Gasteiger partial charge in [0.25, 0.3) is 0 Å². The van der Waals surface area contributed by atoms with Crippen LogP contribution in [0.5, 0.6) is 0 Å². The molecule has 3 rings (SSSR count). The Balaban J connectivity index is 1.85. The summed E-state index contributed by atoms with van der Waals surface area (Å²) >= 11 is 0.975. The van der Waals surface area contributed by atoms with Gasteiger partial charge in [-0.2, -0.15) is 8.42 Å². The first-order valence-electron chi connectivity index (χ1n) is 11.0. The molecule has 0 aliphatic carbocycles. The van der Waals surface area contributed by atoms with Crippen LogP contribution in [0, 0.1) is 5.92 Å². The number of nitrogens with zero attached hydrogens (tertiary/aromatic N) is 5. The third-order valence-corrected chi connectivity index (χ3v) is 7.47. The van der Waals surface area contributed by atoms with E-state index in [-0.39, 0.29) is 41.3 Å². The van der Waals surface area contributed by atoms with Crippen molar-refractivity contribution in [2.24, 2.45) is 16.8 Å². The Kier molecular flexibility index (Phi) is 8.06. The number of aliphatic carboxylic acids is 1. The SMILES string of the molecule is CC(C)(O/N=C(\C(=O)C[C@@H]1C(=O)N(S(=O)(=O)O)[C@@H]1CN1CCN(CCN)C1=O)c1csc(N)n1)C(=O)O. The Labute approximate surface area is 215 Å². The topological polar surface area (TPSA) is 239 Å². The number of hydrogen-bond acceptors (Lipinski definition) is 12. The minimum absolute atomic E-state index is 0.0317. The van der Waals surface area contributed by atoms with Gasteiger partial charge in [0, 0.05) is 44.5 Å². The fourth-order valence-corrected chi connectivity index (χ4v) is 5.27. The molecule has 18 heteroatoms. The van der Waals surface area contributed by atoms with E-state index in [0.29, 0.717) is 6.54 Å². The number of carboxylic acids is 1. The van der Waals surface area contributed by atoms with Gasteiger partial charge in [0.15, 0.2) is 16.6 Å². The van der Waals surface area contributed by atoms with E-state index >= 15 is 0 Å². The monoisotopic (exact) mass is 561 g/mol. The van der Waals surface area contributed by atoms with Gasteiger partial charge in [0.1, 0.15) is 5.69 Å². The number of ketones is 1. The quantitative estimate of drug-likeness (QED) is 0.0996. The summed E-state index contributed by atoms with van der Waals surface area (Å²) in [6, 6.07) is -1.65. The van der Waals surface area contributed by atoms with Gasteiger partial charge < -0.3 is 31.2 Å². The summed E-state index contributed by atoms with van der Waals surface area (Å²) in [6.45, 7) is 3.21. The van der Waals surface area contributed by atoms with Crippen molar-refractivity contribution in [3.8, 4) is 0 Å². The molecule has 2 fully saturated rings. The zero-order valence-electron chi connectivity index (χ0n) is 19.9. The van der Waals surface area contributed by atoms with Gasteiger partial charge in [-0.05, 0) is 13.8 Å². The second kappa shape index (κ2) is 10.6. The van der Waals surface area contributed by atoms with Gasteiger partial charge in [-0.3, -0.25) is 14.1 Å². The first-order valence-corrected chi connectivity index (χ1v) is 13.2. The van der Waals surface area contributed by atoms with Crippen LogP contribution in [-0.4, -0.2) is 111 Å². The molecule has 1 aromatic rings. The van der Waals surface area contributed by atoms with Crippen LogP contribution in [-0.2, 0) is 29.5 Å². The molecule has 2 atom stereocenters. The standard InChI is InChI=1S/C19H27N7O9S2/c1-19(2,16(29)30)35-23-14(11-9-36-17(21)22-11)13(27)7-10-12(26(15(10)28)37(32,33)34)8-25-6-5-24(4-3-20)18(25)31/h9-10,12H,3-8,20H2,1-2H3,(H2,21,22)(H,29,30)(H,32,33,34)/b23-14-/t10-,12+/m0/s1. The number of thiazole rings is 1. The summed E-state index contributed by atoms with van der Waals surface area (Å²) in [5.74, 6) is -4.46. The third-order valence-electron chi connectivity index (χ3n) is 5.85. The van der Waals surface area contributed by atoms with Crippen molar-refractivity contribution >= 4 is 56.2 Å². The van der Waals surface area contributed by atoms with E-state index < -0.39 is 63.7 Å². The molecule has 0 aromatic carbocycles. The molecular weight excluding hydrogens is 534 g/mol. The van der Waals surface area contributed by atoms with E-state index in [1.165, 1.54) is 29.0 Å². The van der Waals surface area contributed by atoms with Crippen LogP contribution >= 0.6 is 11.3 Å². The lowest BCUT2D eigenvalue weighted by atomic mass is 9.84. The molecule has 3 heterocycles. The molecule has 0 bridgehead atoms. The number of Topliss-reactive ketones (excluding diaryl/α,β-unsaturated/α-hetero) is 1. The number of carboxylic acid groups (broad SMARTS) is 1. The molecule has 2 aliphatic heterocycles. The Morgan fingerprint density at radius 2 is 1.95 bits per heavy atom. The van der Waals surface area contributed by atoms with E-state index in [1.54, 1.807) is 0 Å². The van der Waals surface area contributed by atoms with E-state index in [2.05, 4.69) is 10.1 Å². The zero-order chi connectivity index (χ0) is 27.7. The summed E-state index contributed by atoms with van der Waals surface area (Å²) in [5, 5.41) is 14.4.